The van der Waals surface area contributed by atoms with Crippen molar-refractivity contribution in [3.63, 3.8) is 0 Å². The molecule has 0 aliphatic carbocycles. The molecule has 4 heteroatoms. The standard InChI is InChI=1S/C15H29N3O/c1-13(2)14(17-9-5-3-4-6-10-17)15(19)18-11-7-16-8-12-18/h13-14,16H,3-12H2,1-2H3. The first kappa shape index (κ1) is 14.8. The Hall–Kier alpha value is -0.610. The summed E-state index contributed by atoms with van der Waals surface area (Å²) < 4.78 is 0. The summed E-state index contributed by atoms with van der Waals surface area (Å²) in [5.74, 6) is 0.763. The van der Waals surface area contributed by atoms with Gasteiger partial charge in [-0.25, -0.2) is 0 Å². The number of carbonyl (C=O) groups is 1. The second kappa shape index (κ2) is 7.25. The number of piperazine rings is 1. The Bertz CT molecular complexity index is 279. The van der Waals surface area contributed by atoms with E-state index >= 15 is 0 Å². The van der Waals surface area contributed by atoms with Crippen LogP contribution < -0.4 is 5.32 Å². The van der Waals surface area contributed by atoms with Crippen molar-refractivity contribution in [3.05, 3.63) is 0 Å². The lowest BCUT2D eigenvalue weighted by Gasteiger charge is -2.37. The Morgan fingerprint density at radius 1 is 0.947 bits per heavy atom. The van der Waals surface area contributed by atoms with Gasteiger partial charge in [-0.15, -0.1) is 0 Å². The lowest BCUT2D eigenvalue weighted by molar-refractivity contribution is -0.139. The fourth-order valence-electron chi connectivity index (χ4n) is 3.31. The van der Waals surface area contributed by atoms with Crippen molar-refractivity contribution in [3.8, 4) is 0 Å². The van der Waals surface area contributed by atoms with Crippen LogP contribution in [0.4, 0.5) is 0 Å². The SMILES string of the molecule is CC(C)C(C(=O)N1CCNCC1)N1CCCCCC1. The van der Waals surface area contributed by atoms with Gasteiger partial charge >= 0.3 is 0 Å². The first-order chi connectivity index (χ1) is 9.20. The van der Waals surface area contributed by atoms with Crippen LogP contribution >= 0.6 is 0 Å². The lowest BCUT2D eigenvalue weighted by Crippen LogP contribution is -2.56. The molecule has 0 aromatic heterocycles. The van der Waals surface area contributed by atoms with E-state index in [1.165, 1.54) is 25.7 Å². The molecule has 1 unspecified atom stereocenters. The average molecular weight is 267 g/mol. The Balaban J connectivity index is 2.02. The number of nitrogens with one attached hydrogen (secondary N) is 1. The highest BCUT2D eigenvalue weighted by atomic mass is 16.2. The van der Waals surface area contributed by atoms with Crippen LogP contribution in [-0.4, -0.2) is 61.0 Å². The second-order valence-electron chi connectivity index (χ2n) is 6.21. The zero-order valence-electron chi connectivity index (χ0n) is 12.5. The van der Waals surface area contributed by atoms with Gasteiger partial charge in [0, 0.05) is 26.2 Å². The normalized spacial score (nSPS) is 24.3. The Morgan fingerprint density at radius 3 is 2.05 bits per heavy atom. The molecule has 0 saturated carbocycles. The maximum absolute atomic E-state index is 12.8. The van der Waals surface area contributed by atoms with Crippen molar-refractivity contribution in [2.45, 2.75) is 45.6 Å². The van der Waals surface area contributed by atoms with Crippen LogP contribution in [0.3, 0.4) is 0 Å². The largest absolute Gasteiger partial charge is 0.339 e. The molecule has 0 aromatic carbocycles. The van der Waals surface area contributed by atoms with E-state index in [2.05, 4.69) is 29.0 Å². The van der Waals surface area contributed by atoms with Gasteiger partial charge in [0.25, 0.3) is 0 Å². The molecule has 0 spiro atoms. The summed E-state index contributed by atoms with van der Waals surface area (Å²) in [6, 6.07) is 0.0937. The van der Waals surface area contributed by atoms with Crippen molar-refractivity contribution in [2.24, 2.45) is 5.92 Å². The van der Waals surface area contributed by atoms with Gasteiger partial charge in [-0.2, -0.15) is 0 Å². The number of nitrogens with zero attached hydrogens (tertiary/aromatic N) is 2. The molecule has 2 saturated heterocycles. The molecule has 2 heterocycles. The quantitative estimate of drug-likeness (QED) is 0.838. The summed E-state index contributed by atoms with van der Waals surface area (Å²) in [6.07, 6.45) is 5.14. The van der Waals surface area contributed by atoms with Crippen LogP contribution in [0.5, 0.6) is 0 Å². The van der Waals surface area contributed by atoms with E-state index in [0.29, 0.717) is 11.8 Å². The molecule has 2 rings (SSSR count). The highest BCUT2D eigenvalue weighted by Gasteiger charge is 2.32. The maximum atomic E-state index is 12.8. The molecular formula is C15H29N3O. The van der Waals surface area contributed by atoms with Crippen LogP contribution in [-0.2, 0) is 4.79 Å². The third-order valence-corrected chi connectivity index (χ3v) is 4.35. The fraction of sp³-hybridized carbons (Fsp3) is 0.933. The zero-order chi connectivity index (χ0) is 13.7. The van der Waals surface area contributed by atoms with Crippen molar-refractivity contribution in [1.82, 2.24) is 15.1 Å². The van der Waals surface area contributed by atoms with E-state index in [0.717, 1.165) is 39.3 Å². The van der Waals surface area contributed by atoms with Gasteiger partial charge in [0.05, 0.1) is 6.04 Å². The zero-order valence-corrected chi connectivity index (χ0v) is 12.5. The lowest BCUT2D eigenvalue weighted by atomic mass is 10.00. The number of likely N-dealkylation sites (tertiary alicyclic amines) is 1. The first-order valence-electron chi connectivity index (χ1n) is 7.93. The summed E-state index contributed by atoms with van der Waals surface area (Å²) in [5, 5.41) is 3.32. The van der Waals surface area contributed by atoms with E-state index in [1.807, 2.05) is 0 Å². The van der Waals surface area contributed by atoms with Gasteiger partial charge in [-0.1, -0.05) is 26.7 Å². The van der Waals surface area contributed by atoms with E-state index in [1.54, 1.807) is 0 Å². The summed E-state index contributed by atoms with van der Waals surface area (Å²) >= 11 is 0. The molecule has 4 nitrogen and oxygen atoms in total. The van der Waals surface area contributed by atoms with Crippen LogP contribution in [0.1, 0.15) is 39.5 Å². The predicted octanol–water partition coefficient (Wildman–Crippen LogP) is 1.32. The van der Waals surface area contributed by atoms with Gasteiger partial charge in [0.2, 0.25) is 5.91 Å². The molecule has 1 amide bonds. The topological polar surface area (TPSA) is 35.6 Å². The molecule has 2 aliphatic rings. The molecule has 0 aromatic rings. The van der Waals surface area contributed by atoms with Crippen LogP contribution in [0, 0.1) is 5.92 Å². The predicted molar refractivity (Wildman–Crippen MR) is 78.1 cm³/mol. The van der Waals surface area contributed by atoms with E-state index in [-0.39, 0.29) is 6.04 Å². The number of hydrogen-bond donors (Lipinski definition) is 1. The number of amides is 1. The molecule has 0 radical (unpaired) electrons. The number of carbonyl (C=O) groups excluding carboxylic acids is 1. The average Bonchev–Trinajstić information content (AvgIpc) is 2.68. The van der Waals surface area contributed by atoms with Gasteiger partial charge in [-0.3, -0.25) is 9.69 Å². The minimum atomic E-state index is 0.0937. The Labute approximate surface area is 117 Å². The molecule has 1 N–H and O–H groups in total. The maximum Gasteiger partial charge on any atom is 0.240 e. The van der Waals surface area contributed by atoms with Gasteiger partial charge < -0.3 is 10.2 Å². The van der Waals surface area contributed by atoms with Crippen molar-refractivity contribution >= 4 is 5.91 Å². The molecular weight excluding hydrogens is 238 g/mol. The van der Waals surface area contributed by atoms with Gasteiger partial charge in [0.1, 0.15) is 0 Å². The smallest absolute Gasteiger partial charge is 0.240 e. The monoisotopic (exact) mass is 267 g/mol. The highest BCUT2D eigenvalue weighted by molar-refractivity contribution is 5.82. The van der Waals surface area contributed by atoms with Crippen LogP contribution in [0.2, 0.25) is 0 Å². The first-order valence-corrected chi connectivity index (χ1v) is 7.93. The summed E-state index contributed by atoms with van der Waals surface area (Å²) in [7, 11) is 0. The minimum absolute atomic E-state index is 0.0937. The summed E-state index contributed by atoms with van der Waals surface area (Å²) in [5.41, 5.74) is 0. The second-order valence-corrected chi connectivity index (χ2v) is 6.21. The molecule has 0 bridgehead atoms. The Morgan fingerprint density at radius 2 is 1.53 bits per heavy atom. The third kappa shape index (κ3) is 3.93. The molecule has 2 fully saturated rings. The molecule has 2 aliphatic heterocycles. The third-order valence-electron chi connectivity index (χ3n) is 4.35. The van der Waals surface area contributed by atoms with Crippen LogP contribution in [0.25, 0.3) is 0 Å². The number of hydrogen-bond acceptors (Lipinski definition) is 3. The van der Waals surface area contributed by atoms with Crippen molar-refractivity contribution in [2.75, 3.05) is 39.3 Å². The minimum Gasteiger partial charge on any atom is -0.339 e. The molecule has 110 valence electrons. The summed E-state index contributed by atoms with van der Waals surface area (Å²) in [4.78, 5) is 17.3. The highest BCUT2D eigenvalue weighted by Crippen LogP contribution is 2.19. The fourth-order valence-corrected chi connectivity index (χ4v) is 3.31. The van der Waals surface area contributed by atoms with Crippen LogP contribution in [0.15, 0.2) is 0 Å². The van der Waals surface area contributed by atoms with E-state index in [9.17, 15) is 4.79 Å². The molecule has 1 atom stereocenters. The van der Waals surface area contributed by atoms with Crippen molar-refractivity contribution in [1.29, 1.82) is 0 Å². The van der Waals surface area contributed by atoms with E-state index < -0.39 is 0 Å². The van der Waals surface area contributed by atoms with Gasteiger partial charge in [-0.05, 0) is 31.8 Å². The summed E-state index contributed by atoms with van der Waals surface area (Å²) in [6.45, 7) is 10.2. The van der Waals surface area contributed by atoms with Gasteiger partial charge in [0.15, 0.2) is 0 Å². The van der Waals surface area contributed by atoms with Crippen molar-refractivity contribution < 1.29 is 4.79 Å². The van der Waals surface area contributed by atoms with E-state index in [4.69, 9.17) is 0 Å². The Kier molecular flexibility index (Phi) is 5.64. The molecule has 19 heavy (non-hydrogen) atoms. The number of rotatable bonds is 3.